The molecule has 6 rings (SSSR count). The number of aliphatic hydroxyl groups is 1. The zero-order chi connectivity index (χ0) is 34.4. The number of nitrogens with zero attached hydrogens (tertiary/aromatic N) is 3. The van der Waals surface area contributed by atoms with E-state index >= 15 is 0 Å². The third kappa shape index (κ3) is 6.46. The van der Waals surface area contributed by atoms with Gasteiger partial charge in [0.05, 0.1) is 22.5 Å². The Balaban J connectivity index is 1.29. The monoisotopic (exact) mass is 709 g/mol. The maximum atomic E-state index is 14.0. The summed E-state index contributed by atoms with van der Waals surface area (Å²) in [5.41, 5.74) is -0.637. The first-order valence-corrected chi connectivity index (χ1v) is 18.5. The number of rotatable bonds is 10. The van der Waals surface area contributed by atoms with Crippen molar-refractivity contribution in [3.8, 4) is 16.5 Å². The second-order valence-electron chi connectivity index (χ2n) is 13.0. The molecular formula is C33H35N5O7S3. The van der Waals surface area contributed by atoms with E-state index in [9.17, 15) is 27.9 Å². The number of fused-ring (bicyclic) bond motifs is 1. The van der Waals surface area contributed by atoms with Gasteiger partial charge in [0, 0.05) is 12.3 Å². The number of para-hydroxylation sites is 2. The molecule has 1 saturated heterocycles. The molecule has 15 heteroatoms. The minimum absolute atomic E-state index is 0.0107. The Kier molecular flexibility index (Phi) is 8.91. The third-order valence-electron chi connectivity index (χ3n) is 8.51. The van der Waals surface area contributed by atoms with E-state index in [1.165, 1.54) is 28.4 Å². The number of nitrogens with one attached hydrogen (secondary N) is 2. The van der Waals surface area contributed by atoms with E-state index in [2.05, 4.69) is 16.6 Å². The normalized spacial score (nSPS) is 23.0. The molecule has 1 aliphatic carbocycles. The van der Waals surface area contributed by atoms with E-state index in [1.807, 2.05) is 41.8 Å². The van der Waals surface area contributed by atoms with Gasteiger partial charge in [-0.1, -0.05) is 51.1 Å². The Hall–Kier alpha value is -4.18. The van der Waals surface area contributed by atoms with Crippen LogP contribution in [-0.4, -0.2) is 76.4 Å². The fourth-order valence-electron chi connectivity index (χ4n) is 5.72. The summed E-state index contributed by atoms with van der Waals surface area (Å²) in [5.74, 6) is -2.58. The molecule has 2 fully saturated rings. The van der Waals surface area contributed by atoms with Crippen molar-refractivity contribution in [1.82, 2.24) is 24.9 Å². The summed E-state index contributed by atoms with van der Waals surface area (Å²) in [4.78, 5) is 52.8. The molecule has 3 aromatic heterocycles. The van der Waals surface area contributed by atoms with Crippen LogP contribution in [0.25, 0.3) is 21.6 Å². The van der Waals surface area contributed by atoms with Gasteiger partial charge < -0.3 is 20.1 Å². The molecule has 252 valence electrons. The topological polar surface area (TPSA) is 168 Å². The summed E-state index contributed by atoms with van der Waals surface area (Å²) < 4.78 is 34.2. The van der Waals surface area contributed by atoms with Crippen LogP contribution >= 0.6 is 22.7 Å². The van der Waals surface area contributed by atoms with Gasteiger partial charge in [-0.2, -0.15) is 0 Å². The Labute approximate surface area is 285 Å². The predicted octanol–water partition coefficient (Wildman–Crippen LogP) is 3.74. The molecule has 0 radical (unpaired) electrons. The average Bonchev–Trinajstić information content (AvgIpc) is 3.56. The molecule has 1 aliphatic heterocycles. The number of hydrogen-bond donors (Lipinski definition) is 3. The van der Waals surface area contributed by atoms with Crippen molar-refractivity contribution in [2.24, 2.45) is 11.3 Å². The largest absolute Gasteiger partial charge is 0.471 e. The van der Waals surface area contributed by atoms with E-state index in [1.54, 1.807) is 32.2 Å². The van der Waals surface area contributed by atoms with Crippen LogP contribution in [0.5, 0.6) is 5.88 Å². The van der Waals surface area contributed by atoms with Crippen molar-refractivity contribution in [3.63, 3.8) is 0 Å². The van der Waals surface area contributed by atoms with E-state index in [-0.39, 0.29) is 29.5 Å². The standard InChI is InChI=1S/C33H35N5O7S3/c1-5-19-17-33(19,31(42)37-48(43,44)25-13-9-15-47-25)36-28(40)23-16-20(18-38(23)30(41)27(39)32(2,3)4)45-29-26(24-12-8-14-46-24)34-21-10-6-7-11-22(21)35-29/h5-15,19-20,23,27,39H,1,16-18H2,2-4H3,(H,36,40)(H,37,42)/t19-,20-,23+,27-,33-/m1/s1. The molecule has 0 unspecified atom stereocenters. The molecule has 12 nitrogen and oxygen atoms in total. The van der Waals surface area contributed by atoms with Crippen molar-refractivity contribution in [1.29, 1.82) is 0 Å². The highest BCUT2D eigenvalue weighted by molar-refractivity contribution is 7.92. The summed E-state index contributed by atoms with van der Waals surface area (Å²) in [6.45, 7) is 8.81. The second-order valence-corrected chi connectivity index (χ2v) is 16.8. The minimum Gasteiger partial charge on any atom is -0.471 e. The van der Waals surface area contributed by atoms with Gasteiger partial charge in [0.2, 0.25) is 11.8 Å². The highest BCUT2D eigenvalue weighted by Crippen LogP contribution is 2.45. The van der Waals surface area contributed by atoms with Crippen molar-refractivity contribution >= 4 is 61.5 Å². The Morgan fingerprint density at radius 2 is 1.77 bits per heavy atom. The van der Waals surface area contributed by atoms with Crippen molar-refractivity contribution in [2.75, 3.05) is 6.54 Å². The Morgan fingerprint density at radius 1 is 1.08 bits per heavy atom. The molecule has 0 spiro atoms. The molecule has 0 bridgehead atoms. The summed E-state index contributed by atoms with van der Waals surface area (Å²) in [7, 11) is -4.18. The van der Waals surface area contributed by atoms with Crippen molar-refractivity contribution in [2.45, 2.75) is 61.6 Å². The number of hydrogen-bond acceptors (Lipinski definition) is 11. The van der Waals surface area contributed by atoms with Crippen molar-refractivity contribution < 1.29 is 32.6 Å². The quantitative estimate of drug-likeness (QED) is 0.208. The lowest BCUT2D eigenvalue weighted by Crippen LogP contribution is -2.57. The Morgan fingerprint density at radius 3 is 2.38 bits per heavy atom. The van der Waals surface area contributed by atoms with E-state index in [4.69, 9.17) is 14.7 Å². The van der Waals surface area contributed by atoms with Crippen LogP contribution in [0.2, 0.25) is 0 Å². The van der Waals surface area contributed by atoms with Crippen LogP contribution in [0.15, 0.2) is 76.2 Å². The third-order valence-corrected chi connectivity index (χ3v) is 12.1. The summed E-state index contributed by atoms with van der Waals surface area (Å²) in [5, 5.41) is 17.2. The van der Waals surface area contributed by atoms with E-state index in [0.29, 0.717) is 16.7 Å². The van der Waals surface area contributed by atoms with Gasteiger partial charge >= 0.3 is 0 Å². The lowest BCUT2D eigenvalue weighted by Gasteiger charge is -2.32. The molecule has 3 N–H and O–H groups in total. The van der Waals surface area contributed by atoms with Gasteiger partial charge in [0.15, 0.2) is 0 Å². The first-order valence-electron chi connectivity index (χ1n) is 15.2. The lowest BCUT2D eigenvalue weighted by atomic mass is 9.88. The SMILES string of the molecule is C=C[C@@H]1C[C@]1(NC(=O)[C@@H]1C[C@@H](Oc2nc3ccccc3nc2-c2cccs2)CN1C(=O)[C@@H](O)C(C)(C)C)C(=O)NS(=O)(=O)c1cccs1. The molecule has 1 aromatic carbocycles. The molecular weight excluding hydrogens is 675 g/mol. The fourth-order valence-corrected chi connectivity index (χ4v) is 8.45. The van der Waals surface area contributed by atoms with Gasteiger partial charge in [-0.15, -0.1) is 29.3 Å². The molecule has 4 heterocycles. The number of carbonyl (C=O) groups excluding carboxylic acids is 3. The molecule has 2 aliphatic rings. The van der Waals surface area contributed by atoms with Crippen LogP contribution in [0.3, 0.4) is 0 Å². The van der Waals surface area contributed by atoms with Gasteiger partial charge in [-0.05, 0) is 46.9 Å². The van der Waals surface area contributed by atoms with Gasteiger partial charge in [0.1, 0.15) is 33.7 Å². The zero-order valence-electron chi connectivity index (χ0n) is 26.5. The fraction of sp³-hybridized carbons (Fsp3) is 0.364. The number of carbonyl (C=O) groups is 3. The number of aromatic nitrogens is 2. The maximum Gasteiger partial charge on any atom is 0.273 e. The average molecular weight is 710 g/mol. The number of sulfonamides is 1. The van der Waals surface area contributed by atoms with Crippen LogP contribution in [0.1, 0.15) is 33.6 Å². The highest BCUT2D eigenvalue weighted by Gasteiger charge is 2.61. The molecule has 3 amide bonds. The number of amides is 3. The molecule has 4 aromatic rings. The first-order chi connectivity index (χ1) is 22.7. The lowest BCUT2D eigenvalue weighted by molar-refractivity contribution is -0.150. The summed E-state index contributed by atoms with van der Waals surface area (Å²) >= 11 is 2.42. The molecule has 5 atom stereocenters. The smallest absolute Gasteiger partial charge is 0.273 e. The number of benzene rings is 1. The van der Waals surface area contributed by atoms with Gasteiger partial charge in [-0.25, -0.2) is 23.1 Å². The number of aliphatic hydroxyl groups excluding tert-OH is 1. The predicted molar refractivity (Wildman–Crippen MR) is 182 cm³/mol. The molecule has 48 heavy (non-hydrogen) atoms. The second kappa shape index (κ2) is 12.7. The van der Waals surface area contributed by atoms with Gasteiger partial charge in [-0.3, -0.25) is 14.4 Å². The number of thiophene rings is 2. The maximum absolute atomic E-state index is 14.0. The van der Waals surface area contributed by atoms with Crippen LogP contribution in [-0.2, 0) is 24.4 Å². The molecule has 1 saturated carbocycles. The first kappa shape index (κ1) is 33.7. The van der Waals surface area contributed by atoms with Gasteiger partial charge in [0.25, 0.3) is 21.8 Å². The zero-order valence-corrected chi connectivity index (χ0v) is 28.9. The number of ether oxygens (including phenoxy) is 1. The van der Waals surface area contributed by atoms with Crippen molar-refractivity contribution in [3.05, 3.63) is 71.9 Å². The van der Waals surface area contributed by atoms with Crippen LogP contribution in [0.4, 0.5) is 0 Å². The Bertz CT molecular complexity index is 1980. The summed E-state index contributed by atoms with van der Waals surface area (Å²) in [6.07, 6.45) is -0.560. The van der Waals surface area contributed by atoms with Crippen LogP contribution in [0, 0.1) is 11.3 Å². The van der Waals surface area contributed by atoms with E-state index < -0.39 is 62.9 Å². The van der Waals surface area contributed by atoms with E-state index in [0.717, 1.165) is 16.2 Å². The number of likely N-dealkylation sites (tertiary alicyclic amines) is 1. The van der Waals surface area contributed by atoms with Crippen LogP contribution < -0.4 is 14.8 Å². The highest BCUT2D eigenvalue weighted by atomic mass is 32.2. The minimum atomic E-state index is -4.18. The summed E-state index contributed by atoms with van der Waals surface area (Å²) in [6, 6.07) is 12.9.